The van der Waals surface area contributed by atoms with E-state index in [1.54, 1.807) is 12.3 Å². The van der Waals surface area contributed by atoms with Crippen LogP contribution >= 0.6 is 23.2 Å². The second-order valence-electron chi connectivity index (χ2n) is 5.76. The fourth-order valence-electron chi connectivity index (χ4n) is 2.93. The molecule has 2 aromatic heterocycles. The van der Waals surface area contributed by atoms with Crippen molar-refractivity contribution < 1.29 is 4.42 Å². The molecule has 1 aromatic carbocycles. The van der Waals surface area contributed by atoms with Crippen molar-refractivity contribution in [1.29, 1.82) is 0 Å². The standard InChI is InChI=1S/C18H15Cl2N3O/c19-12-8-13(20)10-14(9-12)23-7-3-5-17-16(11-23)22-18(24-17)15-4-1-2-6-21-15/h1-2,4,6,8-10H,3,5,7,11H2. The van der Waals surface area contributed by atoms with Gasteiger partial charge >= 0.3 is 0 Å². The van der Waals surface area contributed by atoms with E-state index in [0.29, 0.717) is 22.5 Å². The van der Waals surface area contributed by atoms with Gasteiger partial charge in [-0.05, 0) is 36.8 Å². The number of halogens is 2. The molecule has 3 aromatic rings. The largest absolute Gasteiger partial charge is 0.440 e. The SMILES string of the molecule is Clc1cc(Cl)cc(N2CCCc3oc(-c4ccccn4)nc3C2)c1. The Balaban J connectivity index is 1.66. The molecule has 1 aliphatic rings. The molecule has 0 saturated carbocycles. The summed E-state index contributed by atoms with van der Waals surface area (Å²) < 4.78 is 5.95. The predicted octanol–water partition coefficient (Wildman–Crippen LogP) is 5.00. The Bertz CT molecular complexity index is 844. The van der Waals surface area contributed by atoms with Crippen LogP contribution in [-0.4, -0.2) is 16.5 Å². The number of rotatable bonds is 2. The Labute approximate surface area is 150 Å². The van der Waals surface area contributed by atoms with Crippen molar-refractivity contribution in [1.82, 2.24) is 9.97 Å². The lowest BCUT2D eigenvalue weighted by Gasteiger charge is -2.22. The molecule has 0 amide bonds. The first-order valence-electron chi connectivity index (χ1n) is 7.80. The third kappa shape index (κ3) is 3.12. The minimum atomic E-state index is 0.576. The third-order valence-electron chi connectivity index (χ3n) is 4.05. The fourth-order valence-corrected chi connectivity index (χ4v) is 3.45. The van der Waals surface area contributed by atoms with Gasteiger partial charge in [0, 0.05) is 34.9 Å². The summed E-state index contributed by atoms with van der Waals surface area (Å²) in [6.07, 6.45) is 3.58. The molecule has 0 saturated heterocycles. The van der Waals surface area contributed by atoms with Crippen LogP contribution in [0.15, 0.2) is 47.0 Å². The van der Waals surface area contributed by atoms with Gasteiger partial charge in [-0.15, -0.1) is 0 Å². The van der Waals surface area contributed by atoms with E-state index < -0.39 is 0 Å². The zero-order valence-electron chi connectivity index (χ0n) is 12.9. The molecule has 0 atom stereocenters. The Morgan fingerprint density at radius 1 is 1.08 bits per heavy atom. The van der Waals surface area contributed by atoms with Crippen molar-refractivity contribution in [3.8, 4) is 11.6 Å². The summed E-state index contributed by atoms with van der Waals surface area (Å²) in [7, 11) is 0. The average Bonchev–Trinajstić information content (AvgIpc) is 2.86. The Hall–Kier alpha value is -2.04. The lowest BCUT2D eigenvalue weighted by atomic mass is 10.2. The van der Waals surface area contributed by atoms with Gasteiger partial charge in [-0.2, -0.15) is 0 Å². The number of aromatic nitrogens is 2. The highest BCUT2D eigenvalue weighted by atomic mass is 35.5. The lowest BCUT2D eigenvalue weighted by Crippen LogP contribution is -2.22. The van der Waals surface area contributed by atoms with E-state index in [1.165, 1.54) is 0 Å². The quantitative estimate of drug-likeness (QED) is 0.645. The summed E-state index contributed by atoms with van der Waals surface area (Å²) in [6, 6.07) is 11.3. The van der Waals surface area contributed by atoms with Gasteiger partial charge in [0.2, 0.25) is 5.89 Å². The molecule has 0 radical (unpaired) electrons. The molecule has 0 N–H and O–H groups in total. The summed E-state index contributed by atoms with van der Waals surface area (Å²) in [6.45, 7) is 1.57. The van der Waals surface area contributed by atoms with E-state index in [2.05, 4.69) is 14.9 Å². The van der Waals surface area contributed by atoms with Gasteiger partial charge in [-0.3, -0.25) is 4.98 Å². The highest BCUT2D eigenvalue weighted by Crippen LogP contribution is 2.30. The number of hydrogen-bond donors (Lipinski definition) is 0. The number of anilines is 1. The zero-order valence-corrected chi connectivity index (χ0v) is 14.4. The number of nitrogens with zero attached hydrogens (tertiary/aromatic N) is 3. The van der Waals surface area contributed by atoms with Crippen LogP contribution in [0.5, 0.6) is 0 Å². The molecular weight excluding hydrogens is 345 g/mol. The van der Waals surface area contributed by atoms with Crippen LogP contribution in [0.3, 0.4) is 0 Å². The van der Waals surface area contributed by atoms with Crippen molar-refractivity contribution >= 4 is 28.9 Å². The highest BCUT2D eigenvalue weighted by Gasteiger charge is 2.22. The number of oxazole rings is 1. The molecule has 1 aliphatic heterocycles. The van der Waals surface area contributed by atoms with Crippen LogP contribution in [0.1, 0.15) is 17.9 Å². The van der Waals surface area contributed by atoms with Crippen LogP contribution in [0, 0.1) is 0 Å². The topological polar surface area (TPSA) is 42.2 Å². The molecule has 4 nitrogen and oxygen atoms in total. The number of fused-ring (bicyclic) bond motifs is 1. The summed E-state index contributed by atoms with van der Waals surface area (Å²) >= 11 is 12.3. The van der Waals surface area contributed by atoms with Crippen molar-refractivity contribution in [2.45, 2.75) is 19.4 Å². The first kappa shape index (κ1) is 15.5. The summed E-state index contributed by atoms with van der Waals surface area (Å²) in [4.78, 5) is 11.2. The van der Waals surface area contributed by atoms with Gasteiger partial charge < -0.3 is 9.32 Å². The maximum atomic E-state index is 6.14. The van der Waals surface area contributed by atoms with E-state index >= 15 is 0 Å². The first-order chi connectivity index (χ1) is 11.7. The van der Waals surface area contributed by atoms with Gasteiger partial charge in [0.15, 0.2) is 0 Å². The third-order valence-corrected chi connectivity index (χ3v) is 4.48. The fraction of sp³-hybridized carbons (Fsp3) is 0.222. The van der Waals surface area contributed by atoms with E-state index in [4.69, 9.17) is 27.6 Å². The first-order valence-corrected chi connectivity index (χ1v) is 8.56. The van der Waals surface area contributed by atoms with Gasteiger partial charge in [0.05, 0.1) is 6.54 Å². The molecule has 0 bridgehead atoms. The summed E-state index contributed by atoms with van der Waals surface area (Å²) in [5.74, 6) is 1.51. The maximum Gasteiger partial charge on any atom is 0.245 e. The number of hydrogen-bond acceptors (Lipinski definition) is 4. The normalized spacial score (nSPS) is 14.3. The van der Waals surface area contributed by atoms with Crippen LogP contribution in [0.2, 0.25) is 10.0 Å². The van der Waals surface area contributed by atoms with Crippen molar-refractivity contribution in [3.05, 3.63) is 64.1 Å². The second-order valence-corrected chi connectivity index (χ2v) is 6.63. The van der Waals surface area contributed by atoms with Crippen LogP contribution in [-0.2, 0) is 13.0 Å². The van der Waals surface area contributed by atoms with Crippen LogP contribution in [0.25, 0.3) is 11.6 Å². The van der Waals surface area contributed by atoms with Gasteiger partial charge in [-0.1, -0.05) is 29.3 Å². The average molecular weight is 360 g/mol. The lowest BCUT2D eigenvalue weighted by molar-refractivity contribution is 0.511. The van der Waals surface area contributed by atoms with Crippen molar-refractivity contribution in [2.24, 2.45) is 0 Å². The van der Waals surface area contributed by atoms with Crippen LogP contribution < -0.4 is 4.90 Å². The summed E-state index contributed by atoms with van der Waals surface area (Å²) in [5.41, 5.74) is 2.70. The zero-order chi connectivity index (χ0) is 16.5. The van der Waals surface area contributed by atoms with Crippen molar-refractivity contribution in [3.63, 3.8) is 0 Å². The number of benzene rings is 1. The Kier molecular flexibility index (Phi) is 4.17. The van der Waals surface area contributed by atoms with E-state index in [1.807, 2.05) is 30.3 Å². The Morgan fingerprint density at radius 3 is 2.67 bits per heavy atom. The smallest absolute Gasteiger partial charge is 0.245 e. The van der Waals surface area contributed by atoms with Gasteiger partial charge in [0.25, 0.3) is 0 Å². The molecule has 24 heavy (non-hydrogen) atoms. The molecule has 6 heteroatoms. The van der Waals surface area contributed by atoms with E-state index in [9.17, 15) is 0 Å². The number of aryl methyl sites for hydroxylation is 1. The molecule has 0 aliphatic carbocycles. The monoisotopic (exact) mass is 359 g/mol. The molecule has 122 valence electrons. The molecule has 4 rings (SSSR count). The maximum absolute atomic E-state index is 6.14. The molecule has 0 spiro atoms. The van der Waals surface area contributed by atoms with Crippen molar-refractivity contribution in [2.75, 3.05) is 11.4 Å². The minimum absolute atomic E-state index is 0.576. The van der Waals surface area contributed by atoms with E-state index in [-0.39, 0.29) is 0 Å². The van der Waals surface area contributed by atoms with Gasteiger partial charge in [0.1, 0.15) is 17.1 Å². The second kappa shape index (κ2) is 6.46. The molecular formula is C18H15Cl2N3O. The predicted molar refractivity (Wildman–Crippen MR) is 95.6 cm³/mol. The summed E-state index contributed by atoms with van der Waals surface area (Å²) in [5, 5.41) is 1.27. The molecule has 0 fully saturated rings. The van der Waals surface area contributed by atoms with Gasteiger partial charge in [-0.25, -0.2) is 4.98 Å². The van der Waals surface area contributed by atoms with E-state index in [0.717, 1.165) is 42.2 Å². The number of pyridine rings is 1. The molecule has 0 unspecified atom stereocenters. The highest BCUT2D eigenvalue weighted by molar-refractivity contribution is 6.35. The van der Waals surface area contributed by atoms with Crippen LogP contribution in [0.4, 0.5) is 5.69 Å². The minimum Gasteiger partial charge on any atom is -0.440 e. The Morgan fingerprint density at radius 2 is 1.92 bits per heavy atom. The molecule has 3 heterocycles.